The molecule has 0 unspecified atom stereocenters. The molecule has 1 nitrogen and oxygen atoms in total. The zero-order valence-corrected chi connectivity index (χ0v) is 40.1. The van der Waals surface area contributed by atoms with Crippen LogP contribution in [0.2, 0.25) is 0 Å². The molecule has 2 aromatic heterocycles. The molecular weight excluding hydrogens is 879 g/mol. The standard InChI is InChI=1S/C72H47N/c1-7-22-48(23-8-1)57-34-19-35-58(49-24-9-2-10-25-49)69(57)54-40-42-67-63(44-54)65-46-56(71-61(52-30-15-5-16-31-52)38-21-39-62(71)53-32-17-6-18-33-53)47-66-64-45-55(41-43-68(64)73(67)72(65)66)70-59(50-26-11-3-12-27-50)36-20-37-60(70)51-28-13-4-14-29-51/h1-47H. The number of rotatable bonds is 9. The third-order valence-electron chi connectivity index (χ3n) is 15.0. The maximum absolute atomic E-state index is 2.54. The molecule has 2 heterocycles. The molecule has 0 spiro atoms. The number of nitrogens with zero attached hydrogens (tertiary/aromatic N) is 1. The molecule has 0 bridgehead atoms. The maximum Gasteiger partial charge on any atom is 0.0620 e. The first-order chi connectivity index (χ1) is 36.2. The van der Waals surface area contributed by atoms with Gasteiger partial charge in [-0.15, -0.1) is 0 Å². The lowest BCUT2D eigenvalue weighted by atomic mass is 9.85. The van der Waals surface area contributed by atoms with Gasteiger partial charge < -0.3 is 4.40 Å². The summed E-state index contributed by atoms with van der Waals surface area (Å²) in [5.41, 5.74) is 25.3. The summed E-state index contributed by atoms with van der Waals surface area (Å²) in [6, 6.07) is 105. The van der Waals surface area contributed by atoms with Gasteiger partial charge in [0.1, 0.15) is 0 Å². The Labute approximate surface area is 425 Å². The summed E-state index contributed by atoms with van der Waals surface area (Å²) in [4.78, 5) is 0. The average Bonchev–Trinajstić information content (AvgIpc) is 4.01. The first kappa shape index (κ1) is 42.3. The Balaban J connectivity index is 1.10. The van der Waals surface area contributed by atoms with Crippen LogP contribution in [0.5, 0.6) is 0 Å². The molecule has 0 saturated heterocycles. The summed E-state index contributed by atoms with van der Waals surface area (Å²) >= 11 is 0. The average molecular weight is 926 g/mol. The van der Waals surface area contributed by atoms with Crippen LogP contribution in [0, 0.1) is 0 Å². The number of hydrogen-bond donors (Lipinski definition) is 0. The van der Waals surface area contributed by atoms with Gasteiger partial charge in [-0.3, -0.25) is 0 Å². The Bertz CT molecular complexity index is 3920. The third kappa shape index (κ3) is 7.16. The summed E-state index contributed by atoms with van der Waals surface area (Å²) in [6.07, 6.45) is 0. The molecule has 0 saturated carbocycles. The van der Waals surface area contributed by atoms with E-state index in [2.05, 4.69) is 290 Å². The molecular formula is C72H47N. The molecule has 0 radical (unpaired) electrons. The van der Waals surface area contributed by atoms with Crippen molar-refractivity contribution in [2.45, 2.75) is 0 Å². The lowest BCUT2D eigenvalue weighted by molar-refractivity contribution is 1.37. The van der Waals surface area contributed by atoms with E-state index in [1.54, 1.807) is 0 Å². The van der Waals surface area contributed by atoms with E-state index in [9.17, 15) is 0 Å². The van der Waals surface area contributed by atoms with E-state index in [1.165, 1.54) is 138 Å². The van der Waals surface area contributed by atoms with Crippen LogP contribution in [-0.2, 0) is 0 Å². The fourth-order valence-corrected chi connectivity index (χ4v) is 11.7. The van der Waals surface area contributed by atoms with E-state index in [1.807, 2.05) is 0 Å². The molecule has 0 N–H and O–H groups in total. The van der Waals surface area contributed by atoms with Crippen LogP contribution < -0.4 is 0 Å². The molecule has 0 atom stereocenters. The van der Waals surface area contributed by atoms with Crippen molar-refractivity contribution in [1.82, 2.24) is 4.40 Å². The molecule has 14 rings (SSSR count). The third-order valence-corrected chi connectivity index (χ3v) is 15.0. The highest BCUT2D eigenvalue weighted by Crippen LogP contribution is 2.50. The van der Waals surface area contributed by atoms with E-state index < -0.39 is 0 Å². The number of fused-ring (bicyclic) bond motifs is 6. The van der Waals surface area contributed by atoms with E-state index >= 15 is 0 Å². The zero-order valence-electron chi connectivity index (χ0n) is 40.1. The van der Waals surface area contributed by atoms with Gasteiger partial charge in [-0.2, -0.15) is 0 Å². The van der Waals surface area contributed by atoms with Gasteiger partial charge in [0.25, 0.3) is 0 Å². The van der Waals surface area contributed by atoms with Crippen LogP contribution in [0.3, 0.4) is 0 Å². The Morgan fingerprint density at radius 1 is 0.178 bits per heavy atom. The van der Waals surface area contributed by atoms with Crippen LogP contribution >= 0.6 is 0 Å². The topological polar surface area (TPSA) is 4.41 Å². The van der Waals surface area contributed by atoms with Gasteiger partial charge >= 0.3 is 0 Å². The predicted molar refractivity (Wildman–Crippen MR) is 310 cm³/mol. The van der Waals surface area contributed by atoms with Gasteiger partial charge in [0.05, 0.1) is 16.6 Å². The molecule has 0 aliphatic rings. The van der Waals surface area contributed by atoms with Crippen molar-refractivity contribution in [2.75, 3.05) is 0 Å². The van der Waals surface area contributed by atoms with Crippen molar-refractivity contribution in [3.63, 3.8) is 0 Å². The Morgan fingerprint density at radius 2 is 0.425 bits per heavy atom. The minimum absolute atomic E-state index is 1.19. The van der Waals surface area contributed by atoms with Gasteiger partial charge in [-0.25, -0.2) is 0 Å². The molecule has 340 valence electrons. The van der Waals surface area contributed by atoms with Gasteiger partial charge in [0.2, 0.25) is 0 Å². The fraction of sp³-hybridized carbons (Fsp3) is 0. The lowest BCUT2D eigenvalue weighted by Crippen LogP contribution is -1.92. The van der Waals surface area contributed by atoms with Crippen LogP contribution in [0.4, 0.5) is 0 Å². The summed E-state index contributed by atoms with van der Waals surface area (Å²) in [5, 5.41) is 4.92. The van der Waals surface area contributed by atoms with Gasteiger partial charge in [0, 0.05) is 21.5 Å². The number of hydrogen-bond acceptors (Lipinski definition) is 0. The molecule has 1 heteroatoms. The van der Waals surface area contributed by atoms with E-state index in [-0.39, 0.29) is 0 Å². The van der Waals surface area contributed by atoms with Gasteiger partial charge in [0.15, 0.2) is 0 Å². The molecule has 0 aliphatic heterocycles. The number of benzene rings is 12. The molecule has 14 aromatic rings. The fourth-order valence-electron chi connectivity index (χ4n) is 11.7. The van der Waals surface area contributed by atoms with E-state index in [0.29, 0.717) is 0 Å². The first-order valence-electron chi connectivity index (χ1n) is 25.2. The van der Waals surface area contributed by atoms with Gasteiger partial charge in [-0.1, -0.05) is 249 Å². The molecule has 0 amide bonds. The van der Waals surface area contributed by atoms with Crippen molar-refractivity contribution >= 4 is 38.1 Å². The Kier molecular flexibility index (Phi) is 10.3. The van der Waals surface area contributed by atoms with Gasteiger partial charge in [-0.05, 0) is 137 Å². The minimum atomic E-state index is 1.19. The second kappa shape index (κ2) is 17.7. The minimum Gasteiger partial charge on any atom is -0.308 e. The highest BCUT2D eigenvalue weighted by Gasteiger charge is 2.25. The SMILES string of the molecule is c1ccc(-c2cccc(-c3ccccc3)c2-c2ccc3c(c2)c2cc(-c4c(-c5ccccc5)cccc4-c4ccccc4)cc4c5cc(-c6c(-c7ccccc7)cccc6-c6ccccc6)ccc5n3c24)cc1. The summed E-state index contributed by atoms with van der Waals surface area (Å²) in [6.45, 7) is 0. The number of aromatic nitrogens is 1. The summed E-state index contributed by atoms with van der Waals surface area (Å²) in [5.74, 6) is 0. The Morgan fingerprint density at radius 3 is 0.699 bits per heavy atom. The van der Waals surface area contributed by atoms with Crippen LogP contribution in [0.1, 0.15) is 0 Å². The monoisotopic (exact) mass is 925 g/mol. The van der Waals surface area contributed by atoms with Crippen molar-refractivity contribution < 1.29 is 0 Å². The lowest BCUT2D eigenvalue weighted by Gasteiger charge is -2.18. The molecule has 73 heavy (non-hydrogen) atoms. The highest BCUT2D eigenvalue weighted by molar-refractivity contribution is 6.26. The van der Waals surface area contributed by atoms with Crippen molar-refractivity contribution in [1.29, 1.82) is 0 Å². The van der Waals surface area contributed by atoms with Crippen LogP contribution in [0.15, 0.2) is 285 Å². The summed E-state index contributed by atoms with van der Waals surface area (Å²) < 4.78 is 2.54. The van der Waals surface area contributed by atoms with E-state index in [4.69, 9.17) is 0 Å². The normalized spacial score (nSPS) is 11.6. The van der Waals surface area contributed by atoms with Crippen LogP contribution in [-0.4, -0.2) is 4.40 Å². The van der Waals surface area contributed by atoms with Crippen LogP contribution in [0.25, 0.3) is 138 Å². The van der Waals surface area contributed by atoms with E-state index in [0.717, 1.165) is 0 Å². The smallest absolute Gasteiger partial charge is 0.0620 e. The molecule has 12 aromatic carbocycles. The van der Waals surface area contributed by atoms with Crippen molar-refractivity contribution in [2.24, 2.45) is 0 Å². The predicted octanol–water partition coefficient (Wildman–Crippen LogP) is 19.8. The second-order valence-corrected chi connectivity index (χ2v) is 19.1. The maximum atomic E-state index is 2.54. The highest BCUT2D eigenvalue weighted by atomic mass is 14.9. The van der Waals surface area contributed by atoms with Crippen molar-refractivity contribution in [3.8, 4) is 100 Å². The second-order valence-electron chi connectivity index (χ2n) is 19.1. The van der Waals surface area contributed by atoms with Crippen molar-refractivity contribution in [3.05, 3.63) is 285 Å². The Hall–Kier alpha value is -9.56. The quantitative estimate of drug-likeness (QED) is 0.136. The molecule has 0 aliphatic carbocycles. The largest absolute Gasteiger partial charge is 0.308 e. The summed E-state index contributed by atoms with van der Waals surface area (Å²) in [7, 11) is 0. The molecule has 0 fully saturated rings. The zero-order chi connectivity index (χ0) is 48.2. The first-order valence-corrected chi connectivity index (χ1v) is 25.2.